The monoisotopic (exact) mass is 390 g/mol. The summed E-state index contributed by atoms with van der Waals surface area (Å²) in [4.78, 5) is 0. The molecular weight excluding hydrogens is 343 g/mol. The zero-order chi connectivity index (χ0) is 20.1. The molecule has 5 aliphatic rings. The fourth-order valence-electron chi connectivity index (χ4n) is 9.17. The van der Waals surface area contributed by atoms with Crippen LogP contribution in [0.2, 0.25) is 0 Å². The third-order valence-electron chi connectivity index (χ3n) is 11.9. The Labute approximate surface area is 171 Å². The van der Waals surface area contributed by atoms with Crippen molar-refractivity contribution in [2.45, 2.75) is 112 Å². The quantitative estimate of drug-likeness (QED) is 0.365. The van der Waals surface area contributed by atoms with E-state index in [1.54, 1.807) is 19.3 Å². The largest absolute Gasteiger partial charge is 0.103 e. The lowest BCUT2D eigenvalue weighted by molar-refractivity contribution is -0.261. The van der Waals surface area contributed by atoms with Crippen molar-refractivity contribution < 1.29 is 0 Å². The average Bonchev–Trinajstić information content (AvgIpc) is 2.46. The first-order chi connectivity index (χ1) is 12.3. The third-order valence-corrected chi connectivity index (χ3v) is 15.5. The van der Waals surface area contributed by atoms with Crippen LogP contribution in [0.4, 0.5) is 0 Å². The predicted molar refractivity (Wildman–Crippen MR) is 122 cm³/mol. The summed E-state index contributed by atoms with van der Waals surface area (Å²) in [6.07, 6.45) is 13.6. The molecule has 2 atom stereocenters. The van der Waals surface area contributed by atoms with Crippen molar-refractivity contribution in [3.05, 3.63) is 0 Å². The Morgan fingerprint density at radius 3 is 1.78 bits per heavy atom. The summed E-state index contributed by atoms with van der Waals surface area (Å²) in [7, 11) is 0.0535. The maximum Gasteiger partial charge on any atom is -0.0122 e. The molecule has 2 unspecified atom stereocenters. The zero-order valence-electron chi connectivity index (χ0n) is 20.0. The first-order valence-electron chi connectivity index (χ1n) is 12.0. The highest BCUT2D eigenvalue weighted by Crippen LogP contribution is 2.82. The van der Waals surface area contributed by atoms with Crippen LogP contribution in [0, 0.1) is 38.9 Å². The molecule has 0 aliphatic heterocycles. The molecule has 0 amide bonds. The summed E-state index contributed by atoms with van der Waals surface area (Å²) in [5, 5.41) is 0.525. The minimum Gasteiger partial charge on any atom is -0.103 e. The highest BCUT2D eigenvalue weighted by Gasteiger charge is 2.72. The van der Waals surface area contributed by atoms with Crippen molar-refractivity contribution >= 4 is 7.92 Å². The minimum atomic E-state index is 0.0535. The van der Waals surface area contributed by atoms with Crippen LogP contribution in [0.15, 0.2) is 0 Å². The van der Waals surface area contributed by atoms with E-state index >= 15 is 0 Å². The Morgan fingerprint density at radius 1 is 0.889 bits per heavy atom. The summed E-state index contributed by atoms with van der Waals surface area (Å²) in [6, 6.07) is 0. The van der Waals surface area contributed by atoms with Crippen LogP contribution < -0.4 is 0 Å². The van der Waals surface area contributed by atoms with Crippen LogP contribution in [-0.4, -0.2) is 18.0 Å². The molecule has 0 aromatic heterocycles. The topological polar surface area (TPSA) is 0 Å². The predicted octanol–water partition coefficient (Wildman–Crippen LogP) is 8.34. The highest BCUT2D eigenvalue weighted by atomic mass is 31.1. The van der Waals surface area contributed by atoms with Gasteiger partial charge in [-0.3, -0.25) is 0 Å². The van der Waals surface area contributed by atoms with E-state index in [9.17, 15) is 0 Å². The standard InChI is InChI=1S/C26H47P/c1-10-23-15-24(16-23,17-23)20(4)22(7,8)27(9)18-21(5,6)26-13-11-25(26,12-14-26)19(2)3/h19-20H,10-18H2,1-9H3. The molecule has 0 radical (unpaired) electrons. The lowest BCUT2D eigenvalue weighted by Gasteiger charge is -2.77. The summed E-state index contributed by atoms with van der Waals surface area (Å²) in [5.41, 5.74) is 3.41. The van der Waals surface area contributed by atoms with E-state index in [2.05, 4.69) is 62.1 Å². The van der Waals surface area contributed by atoms with Gasteiger partial charge in [-0.1, -0.05) is 61.8 Å². The van der Waals surface area contributed by atoms with E-state index in [1.807, 2.05) is 0 Å². The molecule has 2 bridgehead atoms. The molecule has 1 heteroatoms. The molecule has 0 N–H and O–H groups in total. The molecule has 5 rings (SSSR count). The lowest BCUT2D eigenvalue weighted by atomic mass is 9.29. The Bertz CT molecular complexity index is 582. The van der Waals surface area contributed by atoms with Crippen molar-refractivity contribution in [1.82, 2.24) is 0 Å². The average molecular weight is 391 g/mol. The van der Waals surface area contributed by atoms with Crippen molar-refractivity contribution in [1.29, 1.82) is 0 Å². The Hall–Kier alpha value is 0.430. The Balaban J connectivity index is 1.46. The van der Waals surface area contributed by atoms with Crippen molar-refractivity contribution in [2.24, 2.45) is 38.9 Å². The molecule has 5 fully saturated rings. The molecule has 0 saturated heterocycles. The number of hydrogen-bond acceptors (Lipinski definition) is 0. The van der Waals surface area contributed by atoms with Gasteiger partial charge in [-0.2, -0.15) is 0 Å². The maximum absolute atomic E-state index is 2.67. The molecule has 27 heavy (non-hydrogen) atoms. The van der Waals surface area contributed by atoms with E-state index in [1.165, 1.54) is 38.3 Å². The van der Waals surface area contributed by atoms with Gasteiger partial charge in [0.25, 0.3) is 0 Å². The van der Waals surface area contributed by atoms with E-state index in [-0.39, 0.29) is 7.92 Å². The fraction of sp³-hybridized carbons (Fsp3) is 1.00. The third kappa shape index (κ3) is 2.32. The first kappa shape index (κ1) is 20.7. The summed E-state index contributed by atoms with van der Waals surface area (Å²) >= 11 is 0. The van der Waals surface area contributed by atoms with Crippen LogP contribution in [0.1, 0.15) is 107 Å². The van der Waals surface area contributed by atoms with Crippen LogP contribution in [0.25, 0.3) is 0 Å². The van der Waals surface area contributed by atoms with Crippen molar-refractivity contribution in [2.75, 3.05) is 12.8 Å². The van der Waals surface area contributed by atoms with Gasteiger partial charge in [-0.05, 0) is 102 Å². The van der Waals surface area contributed by atoms with Crippen LogP contribution in [0.5, 0.6) is 0 Å². The summed E-state index contributed by atoms with van der Waals surface area (Å²) in [6.45, 7) is 23.4. The van der Waals surface area contributed by atoms with Crippen LogP contribution in [0.3, 0.4) is 0 Å². The molecule has 0 heterocycles. The van der Waals surface area contributed by atoms with E-state index in [0.717, 1.165) is 22.7 Å². The fourth-order valence-corrected chi connectivity index (χ4v) is 12.0. The van der Waals surface area contributed by atoms with Crippen LogP contribution in [-0.2, 0) is 0 Å². The Kier molecular flexibility index (Phi) is 4.42. The second kappa shape index (κ2) is 5.77. The smallest absolute Gasteiger partial charge is 0.0122 e. The lowest BCUT2D eigenvalue weighted by Crippen LogP contribution is -2.69. The molecule has 0 aromatic carbocycles. The maximum atomic E-state index is 2.67. The van der Waals surface area contributed by atoms with Gasteiger partial charge in [0.2, 0.25) is 0 Å². The van der Waals surface area contributed by atoms with Crippen LogP contribution >= 0.6 is 7.92 Å². The molecule has 0 spiro atoms. The van der Waals surface area contributed by atoms with Gasteiger partial charge >= 0.3 is 0 Å². The Morgan fingerprint density at radius 2 is 1.41 bits per heavy atom. The van der Waals surface area contributed by atoms with Gasteiger partial charge < -0.3 is 0 Å². The van der Waals surface area contributed by atoms with Gasteiger partial charge in [0, 0.05) is 0 Å². The SMILES string of the molecule is CCC12CC(C(C)C(C)(C)P(C)CC(C)(C)C34CCC3(C(C)C)CC4)(C1)C2. The minimum absolute atomic E-state index is 0.0535. The highest BCUT2D eigenvalue weighted by molar-refractivity contribution is 7.58. The summed E-state index contributed by atoms with van der Waals surface area (Å²) in [5.74, 6) is 1.78. The van der Waals surface area contributed by atoms with Crippen molar-refractivity contribution in [3.63, 3.8) is 0 Å². The van der Waals surface area contributed by atoms with Crippen molar-refractivity contribution in [3.8, 4) is 0 Å². The first-order valence-corrected chi connectivity index (χ1v) is 14.0. The number of rotatable bonds is 8. The van der Waals surface area contributed by atoms with E-state index < -0.39 is 0 Å². The molecule has 0 aromatic rings. The summed E-state index contributed by atoms with van der Waals surface area (Å²) < 4.78 is 0. The van der Waals surface area contributed by atoms with Gasteiger partial charge in [0.05, 0.1) is 0 Å². The zero-order valence-corrected chi connectivity index (χ0v) is 20.9. The van der Waals surface area contributed by atoms with Gasteiger partial charge in [-0.15, -0.1) is 7.92 Å². The number of hydrogen-bond donors (Lipinski definition) is 0. The second-order valence-electron chi connectivity index (χ2n) is 13.3. The van der Waals surface area contributed by atoms with E-state index in [4.69, 9.17) is 0 Å². The van der Waals surface area contributed by atoms with Gasteiger partial charge in [0.1, 0.15) is 0 Å². The van der Waals surface area contributed by atoms with Gasteiger partial charge in [0.15, 0.2) is 0 Å². The molecular formula is C26H47P. The molecule has 156 valence electrons. The molecule has 0 nitrogen and oxygen atoms in total. The van der Waals surface area contributed by atoms with Gasteiger partial charge in [-0.25, -0.2) is 0 Å². The van der Waals surface area contributed by atoms with E-state index in [0.29, 0.717) is 21.4 Å². The normalized spacial score (nSPS) is 45.1. The second-order valence-corrected chi connectivity index (χ2v) is 16.1. The number of fused-ring (bicyclic) bond motifs is 1. The molecule has 5 saturated carbocycles. The molecule has 5 aliphatic carbocycles.